The van der Waals surface area contributed by atoms with E-state index in [4.69, 9.17) is 15.9 Å². The number of nitrogens with one attached hydrogen (secondary N) is 1. The quantitative estimate of drug-likeness (QED) is 0.572. The third kappa shape index (κ3) is 4.52. The van der Waals surface area contributed by atoms with Crippen molar-refractivity contribution in [2.24, 2.45) is 17.1 Å². The molecule has 0 aliphatic heterocycles. The van der Waals surface area contributed by atoms with Gasteiger partial charge in [-0.3, -0.25) is 5.41 Å². The van der Waals surface area contributed by atoms with Crippen molar-refractivity contribution in [3.8, 4) is 0 Å². The van der Waals surface area contributed by atoms with Gasteiger partial charge in [-0.25, -0.2) is 0 Å². The number of rotatable bonds is 4. The summed E-state index contributed by atoms with van der Waals surface area (Å²) < 4.78 is 5.99. The maximum atomic E-state index is 7.26. The Hall–Kier alpha value is -0.570. The number of nitrogens with two attached hydrogens (primary N) is 1. The van der Waals surface area contributed by atoms with E-state index in [9.17, 15) is 0 Å². The first-order valence-corrected chi connectivity index (χ1v) is 6.27. The Kier molecular flexibility index (Phi) is 4.36. The van der Waals surface area contributed by atoms with Crippen LogP contribution >= 0.6 is 0 Å². The number of hydrogen-bond donors (Lipinski definition) is 2. The summed E-state index contributed by atoms with van der Waals surface area (Å²) in [7, 11) is 0. The number of ether oxygens (including phenoxy) is 1. The summed E-state index contributed by atoms with van der Waals surface area (Å²) in [5.74, 6) is 0.953. The van der Waals surface area contributed by atoms with Crippen LogP contribution in [-0.4, -0.2) is 18.0 Å². The van der Waals surface area contributed by atoms with E-state index in [1.807, 2.05) is 6.92 Å². The van der Waals surface area contributed by atoms with Gasteiger partial charge in [-0.15, -0.1) is 0 Å². The van der Waals surface area contributed by atoms with Crippen LogP contribution in [0.1, 0.15) is 53.4 Å². The van der Waals surface area contributed by atoms with E-state index >= 15 is 0 Å². The van der Waals surface area contributed by atoms with Crippen LogP contribution in [0, 0.1) is 16.7 Å². The van der Waals surface area contributed by atoms with Gasteiger partial charge in [0.15, 0.2) is 0 Å². The van der Waals surface area contributed by atoms with Crippen LogP contribution in [0.25, 0.3) is 0 Å². The van der Waals surface area contributed by atoms with Crippen LogP contribution in [0.5, 0.6) is 0 Å². The van der Waals surface area contributed by atoms with Gasteiger partial charge in [0, 0.05) is 6.42 Å². The molecule has 1 aliphatic rings. The van der Waals surface area contributed by atoms with E-state index in [-0.39, 0.29) is 11.9 Å². The highest BCUT2D eigenvalue weighted by Crippen LogP contribution is 2.40. The lowest BCUT2D eigenvalue weighted by Crippen LogP contribution is -2.35. The molecule has 0 saturated heterocycles. The van der Waals surface area contributed by atoms with Gasteiger partial charge in [0.2, 0.25) is 0 Å². The molecule has 0 aromatic carbocycles. The fourth-order valence-electron chi connectivity index (χ4n) is 3.05. The van der Waals surface area contributed by atoms with Gasteiger partial charge in [0.25, 0.3) is 0 Å². The van der Waals surface area contributed by atoms with E-state index in [0.29, 0.717) is 17.9 Å². The second-order valence-electron chi connectivity index (χ2n) is 6.21. The molecule has 0 bridgehead atoms. The molecule has 3 N–H and O–H groups in total. The molecule has 3 unspecified atom stereocenters. The zero-order valence-corrected chi connectivity index (χ0v) is 11.0. The van der Waals surface area contributed by atoms with Crippen LogP contribution in [-0.2, 0) is 4.74 Å². The van der Waals surface area contributed by atoms with Crippen molar-refractivity contribution in [3.05, 3.63) is 0 Å². The molecule has 16 heavy (non-hydrogen) atoms. The molecule has 3 heteroatoms. The predicted octanol–water partition coefficient (Wildman–Crippen LogP) is 2.93. The van der Waals surface area contributed by atoms with Crippen molar-refractivity contribution in [3.63, 3.8) is 0 Å². The third-order valence-electron chi connectivity index (χ3n) is 3.28. The molecule has 1 aliphatic carbocycles. The fourth-order valence-corrected chi connectivity index (χ4v) is 3.05. The van der Waals surface area contributed by atoms with Crippen molar-refractivity contribution in [1.29, 1.82) is 5.41 Å². The molecular weight excluding hydrogens is 200 g/mol. The summed E-state index contributed by atoms with van der Waals surface area (Å²) in [6.07, 6.45) is 4.52. The lowest BCUT2D eigenvalue weighted by Gasteiger charge is -2.39. The average Bonchev–Trinajstić information content (AvgIpc) is 1.95. The van der Waals surface area contributed by atoms with E-state index in [1.165, 1.54) is 6.42 Å². The fraction of sp³-hybridized carbons (Fsp3) is 0.923. The first kappa shape index (κ1) is 13.5. The average molecular weight is 226 g/mol. The summed E-state index contributed by atoms with van der Waals surface area (Å²) in [4.78, 5) is 0. The van der Waals surface area contributed by atoms with Gasteiger partial charge in [0.05, 0.1) is 18.0 Å². The molecule has 0 heterocycles. The Morgan fingerprint density at radius 2 is 2.12 bits per heavy atom. The Labute approximate surface area is 99.3 Å². The highest BCUT2D eigenvalue weighted by Gasteiger charge is 2.33. The van der Waals surface area contributed by atoms with Gasteiger partial charge in [-0.2, -0.15) is 0 Å². The second kappa shape index (κ2) is 5.17. The zero-order valence-electron chi connectivity index (χ0n) is 11.0. The standard InChI is InChI=1S/C13H26N2O/c1-9-5-11(8-13(3,4)7-9)16-10(2)6-12(14)15/h9-11H,5-8H2,1-4H3,(H3,14,15). The molecule has 0 amide bonds. The van der Waals surface area contributed by atoms with Crippen LogP contribution in [0.15, 0.2) is 0 Å². The van der Waals surface area contributed by atoms with Crippen molar-refractivity contribution < 1.29 is 4.74 Å². The van der Waals surface area contributed by atoms with E-state index < -0.39 is 0 Å². The minimum Gasteiger partial charge on any atom is -0.388 e. The third-order valence-corrected chi connectivity index (χ3v) is 3.28. The monoisotopic (exact) mass is 226 g/mol. The molecule has 3 atom stereocenters. The molecule has 94 valence electrons. The molecular formula is C13H26N2O. The van der Waals surface area contributed by atoms with E-state index in [1.54, 1.807) is 0 Å². The normalized spacial score (nSPS) is 31.0. The van der Waals surface area contributed by atoms with Crippen molar-refractivity contribution in [2.45, 2.75) is 65.6 Å². The van der Waals surface area contributed by atoms with Crippen molar-refractivity contribution in [1.82, 2.24) is 0 Å². The lowest BCUT2D eigenvalue weighted by atomic mass is 9.71. The molecule has 3 nitrogen and oxygen atoms in total. The van der Waals surface area contributed by atoms with Crippen LogP contribution < -0.4 is 5.73 Å². The van der Waals surface area contributed by atoms with Crippen molar-refractivity contribution >= 4 is 5.84 Å². The summed E-state index contributed by atoms with van der Waals surface area (Å²) in [6.45, 7) is 8.93. The summed E-state index contributed by atoms with van der Waals surface area (Å²) >= 11 is 0. The van der Waals surface area contributed by atoms with Gasteiger partial charge in [-0.05, 0) is 37.5 Å². The maximum Gasteiger partial charge on any atom is 0.0931 e. The first-order valence-electron chi connectivity index (χ1n) is 6.27. The van der Waals surface area contributed by atoms with E-state index in [0.717, 1.165) is 18.8 Å². The van der Waals surface area contributed by atoms with Gasteiger partial charge in [0.1, 0.15) is 0 Å². The summed E-state index contributed by atoms with van der Waals surface area (Å²) in [5.41, 5.74) is 5.77. The SMILES string of the molecule is CC1CC(OC(C)CC(=N)N)CC(C)(C)C1. The van der Waals surface area contributed by atoms with Crippen molar-refractivity contribution in [2.75, 3.05) is 0 Å². The maximum absolute atomic E-state index is 7.26. The predicted molar refractivity (Wildman–Crippen MR) is 67.7 cm³/mol. The molecule has 1 saturated carbocycles. The minimum absolute atomic E-state index is 0.0728. The molecule has 0 spiro atoms. The van der Waals surface area contributed by atoms with Gasteiger partial charge >= 0.3 is 0 Å². The lowest BCUT2D eigenvalue weighted by molar-refractivity contribution is -0.0559. The van der Waals surface area contributed by atoms with E-state index in [2.05, 4.69) is 20.8 Å². The molecule has 1 fully saturated rings. The van der Waals surface area contributed by atoms with Crippen LogP contribution in [0.3, 0.4) is 0 Å². The van der Waals surface area contributed by atoms with Crippen LogP contribution in [0.2, 0.25) is 0 Å². The largest absolute Gasteiger partial charge is 0.388 e. The molecule has 1 rings (SSSR count). The second-order valence-corrected chi connectivity index (χ2v) is 6.21. The molecule has 0 radical (unpaired) electrons. The van der Waals surface area contributed by atoms with Gasteiger partial charge in [-0.1, -0.05) is 20.8 Å². The van der Waals surface area contributed by atoms with Crippen LogP contribution in [0.4, 0.5) is 0 Å². The zero-order chi connectivity index (χ0) is 12.3. The Morgan fingerprint density at radius 3 is 2.62 bits per heavy atom. The van der Waals surface area contributed by atoms with Gasteiger partial charge < -0.3 is 10.5 Å². The number of hydrogen-bond acceptors (Lipinski definition) is 2. The number of amidine groups is 1. The topological polar surface area (TPSA) is 59.1 Å². The highest BCUT2D eigenvalue weighted by molar-refractivity contribution is 5.77. The minimum atomic E-state index is 0.0728. The summed E-state index contributed by atoms with van der Waals surface area (Å²) in [5, 5.41) is 7.26. The Bertz CT molecular complexity index is 250. The Morgan fingerprint density at radius 1 is 1.50 bits per heavy atom. The smallest absolute Gasteiger partial charge is 0.0931 e. The summed E-state index contributed by atoms with van der Waals surface area (Å²) in [6, 6.07) is 0. The Balaban J connectivity index is 2.44. The molecule has 0 aromatic rings. The first-order chi connectivity index (χ1) is 7.28. The highest BCUT2D eigenvalue weighted by atomic mass is 16.5. The molecule has 0 aromatic heterocycles.